The molecule has 1 fully saturated rings. The average Bonchev–Trinajstić information content (AvgIpc) is 2.67. The maximum Gasteiger partial charge on any atom is 0.308 e. The second-order valence-corrected chi connectivity index (χ2v) is 5.73. The molecule has 0 bridgehead atoms. The van der Waals surface area contributed by atoms with Crippen molar-refractivity contribution in [1.82, 2.24) is 5.32 Å². The van der Waals surface area contributed by atoms with Crippen LogP contribution < -0.4 is 11.1 Å². The van der Waals surface area contributed by atoms with Gasteiger partial charge in [0.05, 0.1) is 5.92 Å². The lowest BCUT2D eigenvalue weighted by Crippen LogP contribution is -2.42. The van der Waals surface area contributed by atoms with Crippen molar-refractivity contribution >= 4 is 17.6 Å². The summed E-state index contributed by atoms with van der Waals surface area (Å²) in [6.45, 7) is 1.85. The van der Waals surface area contributed by atoms with E-state index in [1.807, 2.05) is 6.92 Å². The quantitative estimate of drug-likeness (QED) is 0.588. The molecule has 21 heavy (non-hydrogen) atoms. The van der Waals surface area contributed by atoms with Crippen LogP contribution in [0.3, 0.4) is 0 Å². The van der Waals surface area contributed by atoms with Crippen LogP contribution >= 0.6 is 0 Å². The van der Waals surface area contributed by atoms with Gasteiger partial charge in [-0.3, -0.25) is 9.59 Å². The lowest BCUT2D eigenvalue weighted by atomic mass is 9.94. The number of rotatable bonds is 3. The number of benzene rings is 1. The lowest BCUT2D eigenvalue weighted by molar-refractivity contribution is -0.142. The van der Waals surface area contributed by atoms with Crippen molar-refractivity contribution in [2.24, 2.45) is 5.92 Å². The van der Waals surface area contributed by atoms with Gasteiger partial charge in [0, 0.05) is 17.3 Å². The summed E-state index contributed by atoms with van der Waals surface area (Å²) in [5, 5.41) is 12.2. The van der Waals surface area contributed by atoms with Gasteiger partial charge in [0.15, 0.2) is 0 Å². The first-order chi connectivity index (χ1) is 9.99. The molecule has 5 nitrogen and oxygen atoms in total. The summed E-state index contributed by atoms with van der Waals surface area (Å²) in [5.41, 5.74) is 7.76. The average molecular weight is 290 g/mol. The summed E-state index contributed by atoms with van der Waals surface area (Å²) in [5.74, 6) is -1.54. The first kappa shape index (κ1) is 15.4. The van der Waals surface area contributed by atoms with E-state index in [4.69, 9.17) is 5.73 Å². The van der Waals surface area contributed by atoms with Crippen LogP contribution in [-0.2, 0) is 4.79 Å². The number of carboxylic acids is 1. The Hall–Kier alpha value is -2.04. The number of nitrogens with two attached hydrogens (primary N) is 1. The highest BCUT2D eigenvalue weighted by atomic mass is 16.4. The van der Waals surface area contributed by atoms with Crippen molar-refractivity contribution < 1.29 is 14.7 Å². The van der Waals surface area contributed by atoms with Crippen molar-refractivity contribution in [3.63, 3.8) is 0 Å². The van der Waals surface area contributed by atoms with Gasteiger partial charge in [0.2, 0.25) is 0 Å². The predicted octanol–water partition coefficient (Wildman–Crippen LogP) is 2.34. The van der Waals surface area contributed by atoms with Crippen molar-refractivity contribution in [1.29, 1.82) is 0 Å². The van der Waals surface area contributed by atoms with Crippen LogP contribution in [0.4, 0.5) is 5.69 Å². The van der Waals surface area contributed by atoms with E-state index in [1.165, 1.54) is 0 Å². The molecule has 0 aliphatic heterocycles. The molecule has 0 heterocycles. The van der Waals surface area contributed by atoms with Crippen molar-refractivity contribution in [3.05, 3.63) is 29.3 Å². The monoisotopic (exact) mass is 290 g/mol. The van der Waals surface area contributed by atoms with E-state index in [9.17, 15) is 14.7 Å². The number of nitrogen functional groups attached to an aromatic ring is 1. The Morgan fingerprint density at radius 2 is 1.95 bits per heavy atom. The Morgan fingerprint density at radius 1 is 1.24 bits per heavy atom. The minimum absolute atomic E-state index is 0.226. The fourth-order valence-corrected chi connectivity index (χ4v) is 2.84. The molecule has 4 N–H and O–H groups in total. The van der Waals surface area contributed by atoms with Crippen molar-refractivity contribution in [3.8, 4) is 0 Å². The Morgan fingerprint density at radius 3 is 2.62 bits per heavy atom. The maximum absolute atomic E-state index is 12.3. The van der Waals surface area contributed by atoms with Crippen LogP contribution in [-0.4, -0.2) is 23.0 Å². The number of carbonyl (C=O) groups is 2. The molecule has 0 radical (unpaired) electrons. The third-order valence-corrected chi connectivity index (χ3v) is 4.18. The van der Waals surface area contributed by atoms with E-state index >= 15 is 0 Å². The largest absolute Gasteiger partial charge is 0.481 e. The van der Waals surface area contributed by atoms with Gasteiger partial charge in [-0.1, -0.05) is 19.3 Å². The van der Waals surface area contributed by atoms with Gasteiger partial charge in [0.1, 0.15) is 0 Å². The Bertz CT molecular complexity index is 542. The van der Waals surface area contributed by atoms with E-state index in [-0.39, 0.29) is 11.9 Å². The smallest absolute Gasteiger partial charge is 0.308 e. The topological polar surface area (TPSA) is 92.4 Å². The number of anilines is 1. The van der Waals surface area contributed by atoms with E-state index in [0.29, 0.717) is 17.7 Å². The Labute approximate surface area is 124 Å². The normalized spacial score (nSPS) is 22.3. The molecule has 1 amide bonds. The lowest BCUT2D eigenvalue weighted by Gasteiger charge is -2.23. The van der Waals surface area contributed by atoms with Gasteiger partial charge in [-0.25, -0.2) is 0 Å². The van der Waals surface area contributed by atoms with Crippen LogP contribution in [0, 0.1) is 12.8 Å². The summed E-state index contributed by atoms with van der Waals surface area (Å²) in [7, 11) is 0. The fourth-order valence-electron chi connectivity index (χ4n) is 2.84. The second kappa shape index (κ2) is 6.61. The highest BCUT2D eigenvalue weighted by Gasteiger charge is 2.30. The fraction of sp³-hybridized carbons (Fsp3) is 0.500. The maximum atomic E-state index is 12.3. The van der Waals surface area contributed by atoms with E-state index in [1.54, 1.807) is 18.2 Å². The molecule has 5 heteroatoms. The van der Waals surface area contributed by atoms with Gasteiger partial charge < -0.3 is 16.2 Å². The molecular weight excluding hydrogens is 268 g/mol. The van der Waals surface area contributed by atoms with Crippen LogP contribution in [0.25, 0.3) is 0 Å². The zero-order chi connectivity index (χ0) is 15.4. The minimum Gasteiger partial charge on any atom is -0.481 e. The number of carbonyl (C=O) groups excluding carboxylic acids is 1. The zero-order valence-electron chi connectivity index (χ0n) is 12.3. The molecule has 0 saturated heterocycles. The molecule has 0 spiro atoms. The predicted molar refractivity (Wildman–Crippen MR) is 81.1 cm³/mol. The Balaban J connectivity index is 2.12. The highest BCUT2D eigenvalue weighted by Crippen LogP contribution is 2.24. The van der Waals surface area contributed by atoms with Gasteiger partial charge in [-0.15, -0.1) is 0 Å². The Kier molecular flexibility index (Phi) is 4.83. The van der Waals surface area contributed by atoms with Crippen molar-refractivity contribution in [2.45, 2.75) is 45.1 Å². The molecule has 1 aromatic rings. The minimum atomic E-state index is -0.823. The molecule has 2 rings (SSSR count). The molecule has 0 aromatic heterocycles. The third-order valence-electron chi connectivity index (χ3n) is 4.18. The SMILES string of the molecule is Cc1cc(C(=O)NC2CCCCCC2C(=O)O)ccc1N. The van der Waals surface area contributed by atoms with Crippen LogP contribution in [0.2, 0.25) is 0 Å². The summed E-state index contributed by atoms with van der Waals surface area (Å²) >= 11 is 0. The van der Waals surface area contributed by atoms with Crippen LogP contribution in [0.1, 0.15) is 48.0 Å². The van der Waals surface area contributed by atoms with E-state index in [2.05, 4.69) is 5.32 Å². The number of aliphatic carboxylic acids is 1. The van der Waals surface area contributed by atoms with Crippen LogP contribution in [0.15, 0.2) is 18.2 Å². The van der Waals surface area contributed by atoms with Gasteiger partial charge in [-0.2, -0.15) is 0 Å². The molecule has 1 aromatic carbocycles. The van der Waals surface area contributed by atoms with Crippen molar-refractivity contribution in [2.75, 3.05) is 5.73 Å². The molecule has 2 atom stereocenters. The molecule has 114 valence electrons. The molecule has 1 aliphatic rings. The number of nitrogens with one attached hydrogen (secondary N) is 1. The summed E-state index contributed by atoms with van der Waals surface area (Å²) in [4.78, 5) is 23.7. The number of hydrogen-bond donors (Lipinski definition) is 3. The van der Waals surface area contributed by atoms with Gasteiger partial charge >= 0.3 is 5.97 Å². The van der Waals surface area contributed by atoms with E-state index in [0.717, 1.165) is 31.2 Å². The summed E-state index contributed by atoms with van der Waals surface area (Å²) in [6, 6.07) is 4.81. The number of hydrogen-bond acceptors (Lipinski definition) is 3. The standard InChI is InChI=1S/C16H22N2O3/c1-10-9-11(7-8-13(10)17)15(19)18-14-6-4-2-3-5-12(14)16(20)21/h7-9,12,14H,2-6,17H2,1H3,(H,18,19)(H,20,21). The molecule has 1 saturated carbocycles. The zero-order valence-corrected chi connectivity index (χ0v) is 12.3. The molecule has 1 aliphatic carbocycles. The van der Waals surface area contributed by atoms with Crippen LogP contribution in [0.5, 0.6) is 0 Å². The third kappa shape index (κ3) is 3.74. The number of amides is 1. The second-order valence-electron chi connectivity index (χ2n) is 5.73. The van der Waals surface area contributed by atoms with Gasteiger partial charge in [-0.05, 0) is 43.5 Å². The summed E-state index contributed by atoms with van der Waals surface area (Å²) in [6.07, 6.45) is 4.23. The van der Waals surface area contributed by atoms with E-state index < -0.39 is 11.9 Å². The highest BCUT2D eigenvalue weighted by molar-refractivity contribution is 5.95. The molecule has 2 unspecified atom stereocenters. The number of aryl methyl sites for hydroxylation is 1. The first-order valence-corrected chi connectivity index (χ1v) is 7.39. The summed E-state index contributed by atoms with van der Waals surface area (Å²) < 4.78 is 0. The first-order valence-electron chi connectivity index (χ1n) is 7.39. The van der Waals surface area contributed by atoms with Gasteiger partial charge in [0.25, 0.3) is 5.91 Å². The number of carboxylic acid groups (broad SMARTS) is 1. The molecular formula is C16H22N2O3.